The van der Waals surface area contributed by atoms with Gasteiger partial charge in [-0.3, -0.25) is 0 Å². The summed E-state index contributed by atoms with van der Waals surface area (Å²) < 4.78 is 56.4. The predicted molar refractivity (Wildman–Crippen MR) is 105 cm³/mol. The molecule has 28 heavy (non-hydrogen) atoms. The zero-order chi connectivity index (χ0) is 20.3. The van der Waals surface area contributed by atoms with Gasteiger partial charge in [0.2, 0.25) is 0 Å². The molecule has 1 aliphatic rings. The van der Waals surface area contributed by atoms with Crippen molar-refractivity contribution in [1.29, 1.82) is 0 Å². The number of hydrogen-bond acceptors (Lipinski definition) is 0. The molecule has 0 amide bonds. The minimum atomic E-state index is -0.936. The molecule has 5 heteroatoms. The van der Waals surface area contributed by atoms with Crippen LogP contribution in [0.15, 0.2) is 24.3 Å². The Balaban J connectivity index is 1.73. The van der Waals surface area contributed by atoms with Crippen molar-refractivity contribution >= 4 is 11.6 Å². The van der Waals surface area contributed by atoms with Crippen molar-refractivity contribution in [1.82, 2.24) is 0 Å². The lowest BCUT2D eigenvalue weighted by Gasteiger charge is -2.29. The monoisotopic (exact) mass is 412 g/mol. The van der Waals surface area contributed by atoms with Gasteiger partial charge in [-0.1, -0.05) is 37.8 Å². The Hall–Kier alpha value is -1.55. The third kappa shape index (κ3) is 4.89. The summed E-state index contributed by atoms with van der Waals surface area (Å²) >= 11 is 5.46. The third-order valence-corrected chi connectivity index (χ3v) is 6.23. The van der Waals surface area contributed by atoms with Gasteiger partial charge in [-0.15, -0.1) is 0 Å². The van der Waals surface area contributed by atoms with E-state index in [0.29, 0.717) is 5.56 Å². The number of rotatable bonds is 6. The van der Waals surface area contributed by atoms with Crippen LogP contribution in [0.3, 0.4) is 0 Å². The second-order valence-electron chi connectivity index (χ2n) is 7.87. The fourth-order valence-corrected chi connectivity index (χ4v) is 4.33. The minimum absolute atomic E-state index is 0.140. The maximum Gasteiger partial charge on any atom is 0.145 e. The summed E-state index contributed by atoms with van der Waals surface area (Å²) in [7, 11) is 0. The highest BCUT2D eigenvalue weighted by Crippen LogP contribution is 2.38. The maximum absolute atomic E-state index is 14.6. The lowest BCUT2D eigenvalue weighted by molar-refractivity contribution is 0.303. The van der Waals surface area contributed by atoms with Crippen molar-refractivity contribution in [2.24, 2.45) is 5.92 Å². The van der Waals surface area contributed by atoms with Crippen LogP contribution in [0.25, 0.3) is 0 Å². The van der Waals surface area contributed by atoms with Crippen LogP contribution in [0.5, 0.6) is 0 Å². The first-order valence-corrected chi connectivity index (χ1v) is 10.4. The van der Waals surface area contributed by atoms with Gasteiger partial charge in [0.1, 0.15) is 28.3 Å². The zero-order valence-electron chi connectivity index (χ0n) is 16.0. The molecular weight excluding hydrogens is 388 g/mol. The highest BCUT2D eigenvalue weighted by molar-refractivity contribution is 6.30. The lowest BCUT2D eigenvalue weighted by Crippen LogP contribution is -2.14. The van der Waals surface area contributed by atoms with E-state index >= 15 is 0 Å². The lowest BCUT2D eigenvalue weighted by atomic mass is 9.77. The molecule has 1 fully saturated rings. The molecule has 0 bridgehead atoms. The molecule has 0 spiro atoms. The van der Waals surface area contributed by atoms with Crippen molar-refractivity contribution < 1.29 is 17.6 Å². The van der Waals surface area contributed by atoms with E-state index in [4.69, 9.17) is 11.6 Å². The second kappa shape index (κ2) is 9.30. The molecule has 0 radical (unpaired) electrons. The highest BCUT2D eigenvalue weighted by atomic mass is 35.5. The Morgan fingerprint density at radius 1 is 0.857 bits per heavy atom. The van der Waals surface area contributed by atoms with Gasteiger partial charge in [-0.25, -0.2) is 17.6 Å². The molecule has 0 saturated heterocycles. The fraction of sp³-hybridized carbons (Fsp3) is 0.478. The fourth-order valence-electron chi connectivity index (χ4n) is 4.22. The van der Waals surface area contributed by atoms with Crippen molar-refractivity contribution in [2.75, 3.05) is 0 Å². The van der Waals surface area contributed by atoms with Crippen LogP contribution in [0.2, 0.25) is 5.02 Å². The molecule has 0 nitrogen and oxygen atoms in total. The Kier molecular flexibility index (Phi) is 7.03. The predicted octanol–water partition coefficient (Wildman–Crippen LogP) is 7.95. The van der Waals surface area contributed by atoms with Crippen molar-refractivity contribution in [3.63, 3.8) is 0 Å². The highest BCUT2D eigenvalue weighted by Gasteiger charge is 2.24. The molecule has 0 N–H and O–H groups in total. The number of unbranched alkanes of at least 4 members (excludes halogenated alkanes) is 1. The Bertz CT molecular complexity index is 779. The Morgan fingerprint density at radius 2 is 1.43 bits per heavy atom. The first-order chi connectivity index (χ1) is 13.4. The molecule has 2 aromatic carbocycles. The maximum atomic E-state index is 14.6. The average Bonchev–Trinajstić information content (AvgIpc) is 2.67. The summed E-state index contributed by atoms with van der Waals surface area (Å²) in [5, 5.41) is -0.616. The molecule has 3 rings (SSSR count). The van der Waals surface area contributed by atoms with E-state index in [-0.39, 0.29) is 23.5 Å². The number of halogens is 5. The average molecular weight is 413 g/mol. The Morgan fingerprint density at radius 3 is 1.96 bits per heavy atom. The van der Waals surface area contributed by atoms with Gasteiger partial charge >= 0.3 is 0 Å². The van der Waals surface area contributed by atoms with E-state index in [9.17, 15) is 17.6 Å². The minimum Gasteiger partial charge on any atom is -0.207 e. The standard InChI is InChI=1S/C23H25ClF4/c1-2-3-4-14-5-7-16(8-6-14)17-12-19(25)18(20(26)13-17)9-15-10-21(27)23(24)22(28)11-15/h10-14,16H,2-9H2,1H3. The molecular formula is C23H25ClF4. The van der Waals surface area contributed by atoms with Gasteiger partial charge in [0.05, 0.1) is 0 Å². The van der Waals surface area contributed by atoms with Gasteiger partial charge in [0, 0.05) is 12.0 Å². The summed E-state index contributed by atoms with van der Waals surface area (Å²) in [5.74, 6) is -2.32. The van der Waals surface area contributed by atoms with Gasteiger partial charge in [-0.2, -0.15) is 0 Å². The van der Waals surface area contributed by atoms with Crippen molar-refractivity contribution in [2.45, 2.75) is 64.2 Å². The largest absolute Gasteiger partial charge is 0.207 e. The molecule has 2 aromatic rings. The van der Waals surface area contributed by atoms with E-state index in [2.05, 4.69) is 6.92 Å². The molecule has 0 aromatic heterocycles. The molecule has 0 atom stereocenters. The quantitative estimate of drug-likeness (QED) is 0.333. The van der Waals surface area contributed by atoms with Gasteiger partial charge in [-0.05, 0) is 72.9 Å². The molecule has 0 unspecified atom stereocenters. The van der Waals surface area contributed by atoms with E-state index in [1.54, 1.807) is 0 Å². The van der Waals surface area contributed by atoms with Crippen LogP contribution in [0.1, 0.15) is 74.5 Å². The first kappa shape index (κ1) is 21.2. The normalized spacial score (nSPS) is 19.8. The molecule has 1 aliphatic carbocycles. The van der Waals surface area contributed by atoms with E-state index in [1.165, 1.54) is 31.4 Å². The molecule has 0 aliphatic heterocycles. The number of hydrogen-bond donors (Lipinski definition) is 0. The van der Waals surface area contributed by atoms with Gasteiger partial charge in [0.15, 0.2) is 0 Å². The summed E-state index contributed by atoms with van der Waals surface area (Å²) in [6, 6.07) is 4.79. The summed E-state index contributed by atoms with van der Waals surface area (Å²) in [5.41, 5.74) is 0.643. The van der Waals surface area contributed by atoms with Crippen molar-refractivity contribution in [3.05, 3.63) is 69.2 Å². The van der Waals surface area contributed by atoms with Gasteiger partial charge in [0.25, 0.3) is 0 Å². The summed E-state index contributed by atoms with van der Waals surface area (Å²) in [4.78, 5) is 0. The van der Waals surface area contributed by atoms with Crippen LogP contribution in [-0.2, 0) is 6.42 Å². The van der Waals surface area contributed by atoms with Crippen LogP contribution in [0.4, 0.5) is 17.6 Å². The number of benzene rings is 2. The van der Waals surface area contributed by atoms with E-state index in [1.807, 2.05) is 0 Å². The topological polar surface area (TPSA) is 0 Å². The first-order valence-electron chi connectivity index (χ1n) is 10.00. The molecule has 1 saturated carbocycles. The zero-order valence-corrected chi connectivity index (χ0v) is 16.8. The van der Waals surface area contributed by atoms with Crippen molar-refractivity contribution in [3.8, 4) is 0 Å². The SMILES string of the molecule is CCCCC1CCC(c2cc(F)c(Cc3cc(F)c(Cl)c(F)c3)c(F)c2)CC1. The van der Waals surface area contributed by atoms with Crippen LogP contribution in [0, 0.1) is 29.2 Å². The molecule has 152 valence electrons. The second-order valence-corrected chi connectivity index (χ2v) is 8.25. The molecule has 0 heterocycles. The van der Waals surface area contributed by atoms with Crippen LogP contribution in [-0.4, -0.2) is 0 Å². The van der Waals surface area contributed by atoms with E-state index < -0.39 is 28.3 Å². The smallest absolute Gasteiger partial charge is 0.145 e. The summed E-state index contributed by atoms with van der Waals surface area (Å²) in [6.07, 6.45) is 7.52. The summed E-state index contributed by atoms with van der Waals surface area (Å²) in [6.45, 7) is 2.19. The van der Waals surface area contributed by atoms with Crippen LogP contribution < -0.4 is 0 Å². The van der Waals surface area contributed by atoms with E-state index in [0.717, 1.165) is 43.7 Å². The Labute approximate surface area is 168 Å². The third-order valence-electron chi connectivity index (χ3n) is 5.87. The van der Waals surface area contributed by atoms with Crippen LogP contribution >= 0.6 is 11.6 Å². The van der Waals surface area contributed by atoms with Gasteiger partial charge < -0.3 is 0 Å².